The summed E-state index contributed by atoms with van der Waals surface area (Å²) < 4.78 is 1.22. The Kier molecular flexibility index (Phi) is 3.95. The van der Waals surface area contributed by atoms with Crippen LogP contribution in [-0.2, 0) is 0 Å². The first-order valence-electron chi connectivity index (χ1n) is 6.19. The van der Waals surface area contributed by atoms with Crippen molar-refractivity contribution in [2.45, 2.75) is 0 Å². The van der Waals surface area contributed by atoms with E-state index in [1.165, 1.54) is 14.3 Å². The average molecular weight is 389 g/mol. The van der Waals surface area contributed by atoms with Crippen LogP contribution in [0.1, 0.15) is 11.1 Å². The highest BCUT2D eigenvalue weighted by Gasteiger charge is 2.01. The molecule has 96 valence electrons. The van der Waals surface area contributed by atoms with E-state index in [1.807, 2.05) is 30.3 Å². The van der Waals surface area contributed by atoms with Crippen LogP contribution in [-0.4, -0.2) is 0 Å². The predicted molar refractivity (Wildman–Crippen MR) is 94.1 cm³/mol. The van der Waals surface area contributed by atoms with E-state index in [0.717, 1.165) is 16.1 Å². The van der Waals surface area contributed by atoms with Gasteiger partial charge in [0, 0.05) is 25.1 Å². The highest BCUT2D eigenvalue weighted by molar-refractivity contribution is 14.1. The van der Waals surface area contributed by atoms with Crippen molar-refractivity contribution in [2.24, 2.45) is 0 Å². The summed E-state index contributed by atoms with van der Waals surface area (Å²) in [5, 5.41) is 3.17. The first kappa shape index (κ1) is 13.5. The van der Waals surface area contributed by atoms with Crippen molar-refractivity contribution in [3.05, 3.63) is 80.4 Å². The molecular weight excluding hydrogens is 379 g/mol. The third kappa shape index (κ3) is 2.82. The largest absolute Gasteiger partial charge is 0.0843 e. The number of halogens is 2. The van der Waals surface area contributed by atoms with Gasteiger partial charge in [-0.2, -0.15) is 0 Å². The number of fused-ring (bicyclic) bond motifs is 1. The van der Waals surface area contributed by atoms with Gasteiger partial charge in [-0.1, -0.05) is 47.7 Å². The number of hydrogen-bond donors (Lipinski definition) is 0. The van der Waals surface area contributed by atoms with Crippen LogP contribution in [0.3, 0.4) is 0 Å². The van der Waals surface area contributed by atoms with Crippen molar-refractivity contribution < 1.29 is 0 Å². The third-order valence-electron chi connectivity index (χ3n) is 3.04. The van der Waals surface area contributed by atoms with Gasteiger partial charge in [0.15, 0.2) is 0 Å². The minimum atomic E-state index is 0.732. The minimum Gasteiger partial charge on any atom is -0.0843 e. The fourth-order valence-corrected chi connectivity index (χ4v) is 3.01. The summed E-state index contributed by atoms with van der Waals surface area (Å²) in [5.41, 5.74) is 2.03. The lowest BCUT2D eigenvalue weighted by atomic mass is 10.0. The van der Waals surface area contributed by atoms with Gasteiger partial charge in [0.05, 0.1) is 0 Å². The monoisotopic (exact) mass is 388 g/mol. The molecule has 0 aromatic heterocycles. The van der Waals surface area contributed by atoms with Gasteiger partial charge in [0.2, 0.25) is 0 Å². The van der Waals surface area contributed by atoms with Crippen LogP contribution in [0.2, 0.25) is 5.02 Å². The average Bonchev–Trinajstić information content (AvgIpc) is 2.47. The molecule has 0 radical (unpaired) electrons. The molecule has 0 amide bonds. The van der Waals surface area contributed by atoms with E-state index in [2.05, 4.69) is 64.8 Å². The number of benzene rings is 3. The second kappa shape index (κ2) is 5.87. The van der Waals surface area contributed by atoms with Gasteiger partial charge in [-0.25, -0.2) is 0 Å². The molecule has 3 aromatic rings. The molecular formula is C18H10ClI. The zero-order valence-electron chi connectivity index (χ0n) is 10.5. The molecule has 3 rings (SSSR count). The lowest BCUT2D eigenvalue weighted by Gasteiger charge is -2.02. The molecule has 20 heavy (non-hydrogen) atoms. The molecule has 0 N–H and O–H groups in total. The summed E-state index contributed by atoms with van der Waals surface area (Å²) in [5.74, 6) is 6.46. The summed E-state index contributed by atoms with van der Waals surface area (Å²) in [6, 6.07) is 20.1. The standard InChI is InChI=1S/C18H10ClI/c19-16-11-8-13(9-12-16)7-10-15-4-1-3-14-5-2-6-17(20)18(14)15/h1-6,8-9,11-12H. The van der Waals surface area contributed by atoms with E-state index < -0.39 is 0 Å². The molecule has 0 fully saturated rings. The van der Waals surface area contributed by atoms with Crippen LogP contribution in [0.4, 0.5) is 0 Å². The van der Waals surface area contributed by atoms with Crippen molar-refractivity contribution in [3.63, 3.8) is 0 Å². The van der Waals surface area contributed by atoms with E-state index in [-0.39, 0.29) is 0 Å². The molecule has 0 spiro atoms. The summed E-state index contributed by atoms with van der Waals surface area (Å²) in [6.45, 7) is 0. The van der Waals surface area contributed by atoms with Crippen LogP contribution in [0.15, 0.2) is 60.7 Å². The van der Waals surface area contributed by atoms with E-state index in [4.69, 9.17) is 11.6 Å². The van der Waals surface area contributed by atoms with Crippen LogP contribution in [0.25, 0.3) is 10.8 Å². The van der Waals surface area contributed by atoms with E-state index in [1.54, 1.807) is 0 Å². The molecule has 3 aromatic carbocycles. The smallest absolute Gasteiger partial charge is 0.0406 e. The first-order chi connectivity index (χ1) is 9.74. The number of hydrogen-bond acceptors (Lipinski definition) is 0. The Morgan fingerprint density at radius 2 is 1.50 bits per heavy atom. The van der Waals surface area contributed by atoms with Crippen molar-refractivity contribution >= 4 is 45.0 Å². The van der Waals surface area contributed by atoms with Crippen molar-refractivity contribution in [1.82, 2.24) is 0 Å². The first-order valence-corrected chi connectivity index (χ1v) is 7.64. The van der Waals surface area contributed by atoms with Crippen LogP contribution in [0.5, 0.6) is 0 Å². The molecule has 0 saturated heterocycles. The minimum absolute atomic E-state index is 0.732. The zero-order valence-corrected chi connectivity index (χ0v) is 13.4. The molecule has 0 atom stereocenters. The molecule has 0 nitrogen and oxygen atoms in total. The van der Waals surface area contributed by atoms with E-state index in [9.17, 15) is 0 Å². The van der Waals surface area contributed by atoms with Gasteiger partial charge in [-0.3, -0.25) is 0 Å². The Morgan fingerprint density at radius 3 is 2.25 bits per heavy atom. The van der Waals surface area contributed by atoms with Crippen LogP contribution >= 0.6 is 34.2 Å². The Bertz CT molecular complexity index is 818. The molecule has 0 aliphatic rings. The summed E-state index contributed by atoms with van der Waals surface area (Å²) in [6.07, 6.45) is 0. The molecule has 0 saturated carbocycles. The summed E-state index contributed by atoms with van der Waals surface area (Å²) in [7, 11) is 0. The second-order valence-electron chi connectivity index (χ2n) is 4.40. The Morgan fingerprint density at radius 1 is 0.800 bits per heavy atom. The fourth-order valence-electron chi connectivity index (χ4n) is 2.07. The molecule has 0 aliphatic carbocycles. The van der Waals surface area contributed by atoms with Crippen LogP contribution in [0, 0.1) is 15.4 Å². The van der Waals surface area contributed by atoms with E-state index >= 15 is 0 Å². The second-order valence-corrected chi connectivity index (χ2v) is 6.00. The maximum absolute atomic E-state index is 5.88. The Balaban J connectivity index is 2.10. The van der Waals surface area contributed by atoms with Crippen LogP contribution < -0.4 is 0 Å². The molecule has 0 heterocycles. The van der Waals surface area contributed by atoms with E-state index in [0.29, 0.717) is 0 Å². The number of rotatable bonds is 0. The summed E-state index contributed by atoms with van der Waals surface area (Å²) in [4.78, 5) is 0. The highest BCUT2D eigenvalue weighted by Crippen LogP contribution is 2.23. The van der Waals surface area contributed by atoms with Gasteiger partial charge in [-0.05, 0) is 64.4 Å². The van der Waals surface area contributed by atoms with Gasteiger partial charge >= 0.3 is 0 Å². The van der Waals surface area contributed by atoms with Crippen molar-refractivity contribution in [1.29, 1.82) is 0 Å². The van der Waals surface area contributed by atoms with Crippen molar-refractivity contribution in [3.8, 4) is 11.8 Å². The predicted octanol–water partition coefficient (Wildman–Crippen LogP) is 5.50. The van der Waals surface area contributed by atoms with Gasteiger partial charge < -0.3 is 0 Å². The molecule has 2 heteroatoms. The van der Waals surface area contributed by atoms with Gasteiger partial charge in [0.25, 0.3) is 0 Å². The maximum Gasteiger partial charge on any atom is 0.0406 e. The maximum atomic E-state index is 5.88. The molecule has 0 unspecified atom stereocenters. The quantitative estimate of drug-likeness (QED) is 0.352. The SMILES string of the molecule is Clc1ccc(C#Cc2cccc3cccc(I)c23)cc1. The lowest BCUT2D eigenvalue weighted by Crippen LogP contribution is -1.83. The summed E-state index contributed by atoms with van der Waals surface area (Å²) >= 11 is 8.24. The van der Waals surface area contributed by atoms with Gasteiger partial charge in [0.1, 0.15) is 0 Å². The normalized spacial score (nSPS) is 10.1. The van der Waals surface area contributed by atoms with Gasteiger partial charge in [-0.15, -0.1) is 0 Å². The Labute approximate surface area is 136 Å². The van der Waals surface area contributed by atoms with Crippen molar-refractivity contribution in [2.75, 3.05) is 0 Å². The lowest BCUT2D eigenvalue weighted by molar-refractivity contribution is 1.63. The third-order valence-corrected chi connectivity index (χ3v) is 4.19. The topological polar surface area (TPSA) is 0 Å². The fraction of sp³-hybridized carbons (Fsp3) is 0. The Hall–Kier alpha value is -1.50. The molecule has 0 bridgehead atoms. The zero-order chi connectivity index (χ0) is 13.9. The highest BCUT2D eigenvalue weighted by atomic mass is 127. The molecule has 0 aliphatic heterocycles.